The van der Waals surface area contributed by atoms with Crippen molar-refractivity contribution in [2.75, 3.05) is 33.4 Å². The highest BCUT2D eigenvalue weighted by Crippen LogP contribution is 2.40. The van der Waals surface area contributed by atoms with Gasteiger partial charge in [0.15, 0.2) is 5.82 Å². The maximum absolute atomic E-state index is 12.3. The van der Waals surface area contributed by atoms with Crippen molar-refractivity contribution in [3.8, 4) is 0 Å². The molecular formula is C19H29N3O4. The maximum atomic E-state index is 12.3. The number of rotatable bonds is 6. The molecule has 1 atom stereocenters. The molecule has 3 fully saturated rings. The van der Waals surface area contributed by atoms with Crippen molar-refractivity contribution in [2.24, 2.45) is 11.8 Å². The van der Waals surface area contributed by atoms with Crippen molar-refractivity contribution in [2.45, 2.75) is 57.0 Å². The molecule has 1 amide bonds. The molecule has 1 unspecified atom stereocenters. The van der Waals surface area contributed by atoms with Gasteiger partial charge >= 0.3 is 0 Å². The number of hydrogen-bond donors (Lipinski definition) is 0. The van der Waals surface area contributed by atoms with E-state index < -0.39 is 0 Å². The summed E-state index contributed by atoms with van der Waals surface area (Å²) in [7, 11) is 1.67. The van der Waals surface area contributed by atoms with Crippen LogP contribution in [-0.4, -0.2) is 60.0 Å². The number of carbonyl (C=O) groups is 1. The summed E-state index contributed by atoms with van der Waals surface area (Å²) in [4.78, 5) is 18.8. The van der Waals surface area contributed by atoms with E-state index >= 15 is 0 Å². The molecule has 26 heavy (non-hydrogen) atoms. The molecule has 2 aliphatic heterocycles. The minimum Gasteiger partial charge on any atom is -0.384 e. The first-order valence-electron chi connectivity index (χ1n) is 9.91. The summed E-state index contributed by atoms with van der Waals surface area (Å²) in [6, 6.07) is 0. The number of nitrogens with zero attached hydrogens (tertiary/aromatic N) is 3. The van der Waals surface area contributed by atoms with E-state index in [2.05, 4.69) is 15.0 Å². The second-order valence-electron chi connectivity index (χ2n) is 8.04. The minimum atomic E-state index is -0.0673. The van der Waals surface area contributed by atoms with Crippen molar-refractivity contribution in [1.29, 1.82) is 0 Å². The second kappa shape index (κ2) is 7.64. The third-order valence-electron chi connectivity index (χ3n) is 6.01. The average molecular weight is 363 g/mol. The van der Waals surface area contributed by atoms with E-state index in [4.69, 9.17) is 14.0 Å². The monoisotopic (exact) mass is 363 g/mol. The molecule has 1 aliphatic carbocycles. The molecular weight excluding hydrogens is 334 g/mol. The molecule has 4 rings (SSSR count). The number of piperidine rings is 1. The number of ether oxygens (including phenoxy) is 2. The number of likely N-dealkylation sites (tertiary alicyclic amines) is 1. The summed E-state index contributed by atoms with van der Waals surface area (Å²) in [5.41, 5.74) is -0.0673. The van der Waals surface area contributed by atoms with E-state index in [0.29, 0.717) is 30.8 Å². The van der Waals surface area contributed by atoms with Crippen LogP contribution >= 0.6 is 0 Å². The van der Waals surface area contributed by atoms with Crippen molar-refractivity contribution in [1.82, 2.24) is 15.0 Å². The lowest BCUT2D eigenvalue weighted by Gasteiger charge is -2.46. The van der Waals surface area contributed by atoms with E-state index in [1.165, 1.54) is 0 Å². The van der Waals surface area contributed by atoms with Crippen LogP contribution in [0.4, 0.5) is 0 Å². The molecule has 0 radical (unpaired) electrons. The van der Waals surface area contributed by atoms with Gasteiger partial charge in [-0.15, -0.1) is 0 Å². The van der Waals surface area contributed by atoms with Gasteiger partial charge < -0.3 is 18.9 Å². The third-order valence-corrected chi connectivity index (χ3v) is 6.01. The Labute approximate surface area is 154 Å². The fraction of sp³-hybridized carbons (Fsp3) is 0.842. The van der Waals surface area contributed by atoms with Crippen LogP contribution in [0.25, 0.3) is 0 Å². The van der Waals surface area contributed by atoms with Crippen molar-refractivity contribution in [3.63, 3.8) is 0 Å². The molecule has 7 nitrogen and oxygen atoms in total. The Bertz CT molecular complexity index is 620. The molecule has 144 valence electrons. The second-order valence-corrected chi connectivity index (χ2v) is 8.04. The van der Waals surface area contributed by atoms with Gasteiger partial charge in [0.2, 0.25) is 11.8 Å². The zero-order chi connectivity index (χ0) is 18.0. The Hall–Kier alpha value is -1.47. The largest absolute Gasteiger partial charge is 0.384 e. The van der Waals surface area contributed by atoms with E-state index in [1.54, 1.807) is 7.11 Å². The molecule has 2 saturated heterocycles. The molecule has 3 heterocycles. The normalized spacial score (nSPS) is 25.6. The molecule has 0 bridgehead atoms. The van der Waals surface area contributed by atoms with E-state index in [-0.39, 0.29) is 5.60 Å². The summed E-state index contributed by atoms with van der Waals surface area (Å²) >= 11 is 0. The maximum Gasteiger partial charge on any atom is 0.226 e. The number of aromatic nitrogens is 2. The lowest BCUT2D eigenvalue weighted by molar-refractivity contribution is -0.148. The molecule has 0 aromatic carbocycles. The molecule has 3 aliphatic rings. The summed E-state index contributed by atoms with van der Waals surface area (Å²) in [6.07, 6.45) is 7.61. The van der Waals surface area contributed by atoms with Crippen molar-refractivity contribution in [3.05, 3.63) is 11.7 Å². The Balaban J connectivity index is 1.30. The van der Waals surface area contributed by atoms with Gasteiger partial charge in [-0.2, -0.15) is 4.98 Å². The zero-order valence-electron chi connectivity index (χ0n) is 15.6. The van der Waals surface area contributed by atoms with Crippen LogP contribution in [0, 0.1) is 11.8 Å². The van der Waals surface area contributed by atoms with Crippen LogP contribution < -0.4 is 0 Å². The van der Waals surface area contributed by atoms with Gasteiger partial charge in [-0.3, -0.25) is 4.79 Å². The van der Waals surface area contributed by atoms with Crippen LogP contribution in [0.5, 0.6) is 0 Å². The van der Waals surface area contributed by atoms with Gasteiger partial charge in [0, 0.05) is 45.6 Å². The summed E-state index contributed by atoms with van der Waals surface area (Å²) in [5.74, 6) is 2.62. The van der Waals surface area contributed by atoms with Crippen LogP contribution in [-0.2, 0) is 27.1 Å². The quantitative estimate of drug-likeness (QED) is 0.769. The molecule has 1 aromatic rings. The summed E-state index contributed by atoms with van der Waals surface area (Å²) < 4.78 is 16.7. The Morgan fingerprint density at radius 2 is 2.12 bits per heavy atom. The fourth-order valence-corrected chi connectivity index (χ4v) is 4.29. The van der Waals surface area contributed by atoms with Gasteiger partial charge in [-0.1, -0.05) is 5.16 Å². The molecule has 1 aromatic heterocycles. The van der Waals surface area contributed by atoms with Crippen LogP contribution in [0.2, 0.25) is 0 Å². The highest BCUT2D eigenvalue weighted by atomic mass is 16.5. The standard InChI is InChI=1S/C19H29N3O4/c1-24-10-5-16-20-17(26-21-16)12-14-4-11-25-19(13-14)6-8-22(9-7-19)18(23)15-2-3-15/h14-15H,2-13H2,1H3. The lowest BCUT2D eigenvalue weighted by atomic mass is 9.78. The highest BCUT2D eigenvalue weighted by Gasteiger charge is 2.43. The van der Waals surface area contributed by atoms with Crippen LogP contribution in [0.3, 0.4) is 0 Å². The smallest absolute Gasteiger partial charge is 0.226 e. The third kappa shape index (κ3) is 4.09. The van der Waals surface area contributed by atoms with E-state index in [1.807, 2.05) is 0 Å². The van der Waals surface area contributed by atoms with Crippen LogP contribution in [0.1, 0.15) is 50.2 Å². The van der Waals surface area contributed by atoms with E-state index in [9.17, 15) is 4.79 Å². The molecule has 0 N–H and O–H groups in total. The zero-order valence-corrected chi connectivity index (χ0v) is 15.6. The van der Waals surface area contributed by atoms with Gasteiger partial charge in [0.1, 0.15) is 0 Å². The van der Waals surface area contributed by atoms with Crippen molar-refractivity contribution >= 4 is 5.91 Å². The van der Waals surface area contributed by atoms with Crippen LogP contribution in [0.15, 0.2) is 4.52 Å². The first-order chi connectivity index (χ1) is 12.7. The highest BCUT2D eigenvalue weighted by molar-refractivity contribution is 5.81. The van der Waals surface area contributed by atoms with Gasteiger partial charge in [0.25, 0.3) is 0 Å². The predicted molar refractivity (Wildman–Crippen MR) is 93.5 cm³/mol. The number of methoxy groups -OCH3 is 1. The summed E-state index contributed by atoms with van der Waals surface area (Å²) in [5, 5.41) is 4.03. The Kier molecular flexibility index (Phi) is 5.27. The minimum absolute atomic E-state index is 0.0673. The Morgan fingerprint density at radius 3 is 2.85 bits per heavy atom. The van der Waals surface area contributed by atoms with Gasteiger partial charge in [0.05, 0.1) is 12.2 Å². The van der Waals surface area contributed by atoms with E-state index in [0.717, 1.165) is 76.4 Å². The molecule has 7 heteroatoms. The SMILES string of the molecule is COCCc1noc(CC2CCOC3(CCN(C(=O)C4CC4)CC3)C2)n1. The van der Waals surface area contributed by atoms with Gasteiger partial charge in [-0.25, -0.2) is 0 Å². The number of hydrogen-bond acceptors (Lipinski definition) is 6. The fourth-order valence-electron chi connectivity index (χ4n) is 4.29. The predicted octanol–water partition coefficient (Wildman–Crippen LogP) is 2.00. The van der Waals surface area contributed by atoms with Crippen molar-refractivity contribution < 1.29 is 18.8 Å². The molecule has 1 spiro atoms. The first-order valence-corrected chi connectivity index (χ1v) is 9.91. The topological polar surface area (TPSA) is 77.7 Å². The molecule has 1 saturated carbocycles. The average Bonchev–Trinajstić information content (AvgIpc) is 3.41. The Morgan fingerprint density at radius 1 is 1.31 bits per heavy atom. The number of amides is 1. The first kappa shape index (κ1) is 17.9. The number of carbonyl (C=O) groups excluding carboxylic acids is 1. The summed E-state index contributed by atoms with van der Waals surface area (Å²) in [6.45, 7) is 3.06. The van der Waals surface area contributed by atoms with Gasteiger partial charge in [-0.05, 0) is 44.4 Å². The lowest BCUT2D eigenvalue weighted by Crippen LogP contribution is -2.51.